The predicted molar refractivity (Wildman–Crippen MR) is 80.4 cm³/mol. The van der Waals surface area contributed by atoms with Crippen LogP contribution in [0.1, 0.15) is 72.6 Å². The summed E-state index contributed by atoms with van der Waals surface area (Å²) >= 11 is 0. The number of nitrogens with two attached hydrogens (primary N) is 2. The van der Waals surface area contributed by atoms with Crippen molar-refractivity contribution < 1.29 is 9.59 Å². The summed E-state index contributed by atoms with van der Waals surface area (Å²) in [7, 11) is 0. The van der Waals surface area contributed by atoms with E-state index in [1.54, 1.807) is 0 Å². The summed E-state index contributed by atoms with van der Waals surface area (Å²) in [4.78, 5) is 20.9. The molecule has 0 fully saturated rings. The molecule has 2 amide bonds. The second-order valence-electron chi connectivity index (χ2n) is 5.24. The number of unbranched alkanes of at least 4 members (excludes halogenated alkanes) is 3. The Balaban J connectivity index is 0. The van der Waals surface area contributed by atoms with E-state index in [2.05, 4.69) is 13.8 Å². The van der Waals surface area contributed by atoms with E-state index in [1.165, 1.54) is 12.8 Å². The number of rotatable bonds is 9. The fourth-order valence-corrected chi connectivity index (χ4v) is 1.50. The molecule has 0 aromatic carbocycles. The lowest BCUT2D eigenvalue weighted by molar-refractivity contribution is -0.122. The number of hydrogen-bond donors (Lipinski definition) is 2. The molecule has 0 aliphatic rings. The van der Waals surface area contributed by atoms with E-state index in [4.69, 9.17) is 11.5 Å². The third-order valence-corrected chi connectivity index (χ3v) is 3.20. The summed E-state index contributed by atoms with van der Waals surface area (Å²) in [6.07, 6.45) is 7.65. The van der Waals surface area contributed by atoms with Crippen molar-refractivity contribution >= 4 is 11.8 Å². The van der Waals surface area contributed by atoms with Crippen LogP contribution in [0.25, 0.3) is 0 Å². The van der Waals surface area contributed by atoms with Crippen LogP contribution in [0.2, 0.25) is 0 Å². The Morgan fingerprint density at radius 3 is 1.47 bits per heavy atom. The van der Waals surface area contributed by atoms with Crippen LogP contribution in [0.3, 0.4) is 0 Å². The molecular formula is C15H32N2O2. The number of carbonyl (C=O) groups excluding carboxylic acids is 2. The lowest BCUT2D eigenvalue weighted by atomic mass is 10.0. The number of hydrogen-bond acceptors (Lipinski definition) is 2. The van der Waals surface area contributed by atoms with Gasteiger partial charge in [0.1, 0.15) is 0 Å². The maximum Gasteiger partial charge on any atom is 0.220 e. The minimum absolute atomic E-state index is 0.0601. The molecule has 0 rings (SSSR count). The van der Waals surface area contributed by atoms with Gasteiger partial charge in [-0.1, -0.05) is 59.8 Å². The first-order chi connectivity index (χ1) is 8.86. The zero-order valence-corrected chi connectivity index (χ0v) is 13.1. The van der Waals surface area contributed by atoms with Crippen LogP contribution in [0.15, 0.2) is 0 Å². The van der Waals surface area contributed by atoms with Gasteiger partial charge < -0.3 is 11.5 Å². The average molecular weight is 272 g/mol. The van der Waals surface area contributed by atoms with E-state index >= 15 is 0 Å². The zero-order chi connectivity index (χ0) is 15.3. The molecule has 4 N–H and O–H groups in total. The van der Waals surface area contributed by atoms with Crippen molar-refractivity contribution in [3.63, 3.8) is 0 Å². The summed E-state index contributed by atoms with van der Waals surface area (Å²) in [5, 5.41) is 0. The zero-order valence-electron chi connectivity index (χ0n) is 13.1. The van der Waals surface area contributed by atoms with Gasteiger partial charge in [0.05, 0.1) is 0 Å². The van der Waals surface area contributed by atoms with Crippen molar-refractivity contribution in [3.8, 4) is 0 Å². The van der Waals surface area contributed by atoms with E-state index in [0.29, 0.717) is 0 Å². The maximum absolute atomic E-state index is 10.5. The monoisotopic (exact) mass is 272 g/mol. The Hall–Kier alpha value is -1.06. The Kier molecular flexibility index (Phi) is 14.3. The second kappa shape index (κ2) is 13.4. The summed E-state index contributed by atoms with van der Waals surface area (Å²) < 4.78 is 0. The molecule has 4 heteroatoms. The van der Waals surface area contributed by atoms with Gasteiger partial charge in [0.15, 0.2) is 0 Å². The van der Waals surface area contributed by atoms with Gasteiger partial charge in [-0.05, 0) is 12.8 Å². The van der Waals surface area contributed by atoms with Crippen molar-refractivity contribution in [1.29, 1.82) is 0 Å². The molecule has 0 saturated carbocycles. The third kappa shape index (κ3) is 14.9. The Morgan fingerprint density at radius 2 is 1.16 bits per heavy atom. The second-order valence-corrected chi connectivity index (χ2v) is 5.24. The van der Waals surface area contributed by atoms with Crippen LogP contribution in [0, 0.1) is 11.8 Å². The summed E-state index contributed by atoms with van der Waals surface area (Å²) in [6, 6.07) is 0. The standard InChI is InChI=1S/C8H17NO.C7H15NO/c1-3-4-5-6-7(2)8(9)10;1-3-4-5-6(2)7(8)9/h7H,3-6H2,1-2H3,(H2,9,10);6H,3-5H2,1-2H3,(H2,8,9). The Labute approximate surface area is 118 Å². The molecule has 0 spiro atoms. The van der Waals surface area contributed by atoms with Crippen molar-refractivity contribution in [1.82, 2.24) is 0 Å². The lowest BCUT2D eigenvalue weighted by Crippen LogP contribution is -2.20. The van der Waals surface area contributed by atoms with Crippen molar-refractivity contribution in [3.05, 3.63) is 0 Å². The molecule has 2 atom stereocenters. The quantitative estimate of drug-likeness (QED) is 0.632. The highest BCUT2D eigenvalue weighted by Crippen LogP contribution is 2.07. The molecule has 0 radical (unpaired) electrons. The van der Waals surface area contributed by atoms with Crippen LogP contribution in [0.4, 0.5) is 0 Å². The van der Waals surface area contributed by atoms with Crippen molar-refractivity contribution in [2.24, 2.45) is 23.3 Å². The average Bonchev–Trinajstić information content (AvgIpc) is 2.36. The highest BCUT2D eigenvalue weighted by atomic mass is 16.1. The maximum atomic E-state index is 10.5. The molecule has 0 aliphatic heterocycles. The first-order valence-electron chi connectivity index (χ1n) is 7.45. The van der Waals surface area contributed by atoms with E-state index < -0.39 is 0 Å². The van der Waals surface area contributed by atoms with Gasteiger partial charge in [0.2, 0.25) is 11.8 Å². The van der Waals surface area contributed by atoms with Crippen LogP contribution < -0.4 is 11.5 Å². The van der Waals surface area contributed by atoms with E-state index in [0.717, 1.165) is 32.1 Å². The topological polar surface area (TPSA) is 86.2 Å². The van der Waals surface area contributed by atoms with Gasteiger partial charge >= 0.3 is 0 Å². The van der Waals surface area contributed by atoms with Crippen molar-refractivity contribution in [2.75, 3.05) is 0 Å². The molecule has 0 heterocycles. The summed E-state index contributed by atoms with van der Waals surface area (Å²) in [5.41, 5.74) is 10.1. The largest absolute Gasteiger partial charge is 0.369 e. The molecule has 0 bridgehead atoms. The summed E-state index contributed by atoms with van der Waals surface area (Å²) in [6.45, 7) is 8.01. The van der Waals surface area contributed by atoms with E-state index in [1.807, 2.05) is 13.8 Å². The third-order valence-electron chi connectivity index (χ3n) is 3.20. The highest BCUT2D eigenvalue weighted by Gasteiger charge is 2.06. The van der Waals surface area contributed by atoms with Crippen LogP contribution in [0.5, 0.6) is 0 Å². The molecular weight excluding hydrogens is 240 g/mol. The lowest BCUT2D eigenvalue weighted by Gasteiger charge is -2.04. The fraction of sp³-hybridized carbons (Fsp3) is 0.867. The van der Waals surface area contributed by atoms with Gasteiger partial charge in [-0.15, -0.1) is 0 Å². The van der Waals surface area contributed by atoms with Gasteiger partial charge in [-0.25, -0.2) is 0 Å². The minimum Gasteiger partial charge on any atom is -0.369 e. The Bertz CT molecular complexity index is 242. The molecule has 114 valence electrons. The van der Waals surface area contributed by atoms with Crippen LogP contribution in [-0.2, 0) is 9.59 Å². The number of primary amides is 2. The molecule has 4 nitrogen and oxygen atoms in total. The Morgan fingerprint density at radius 1 is 0.789 bits per heavy atom. The molecule has 0 saturated heterocycles. The smallest absolute Gasteiger partial charge is 0.220 e. The normalized spacial score (nSPS) is 13.1. The highest BCUT2D eigenvalue weighted by molar-refractivity contribution is 5.76. The fourth-order valence-electron chi connectivity index (χ4n) is 1.50. The predicted octanol–water partition coefficient (Wildman–Crippen LogP) is 2.99. The molecule has 0 aliphatic carbocycles. The first-order valence-corrected chi connectivity index (χ1v) is 7.45. The van der Waals surface area contributed by atoms with Crippen molar-refractivity contribution in [2.45, 2.75) is 72.6 Å². The van der Waals surface area contributed by atoms with Gasteiger partial charge in [0.25, 0.3) is 0 Å². The molecule has 0 aromatic rings. The summed E-state index contributed by atoms with van der Waals surface area (Å²) in [5.74, 6) is -0.226. The van der Waals surface area contributed by atoms with Crippen LogP contribution >= 0.6 is 0 Å². The van der Waals surface area contributed by atoms with Crippen LogP contribution in [-0.4, -0.2) is 11.8 Å². The van der Waals surface area contributed by atoms with E-state index in [9.17, 15) is 9.59 Å². The van der Waals surface area contributed by atoms with Gasteiger partial charge in [-0.3, -0.25) is 9.59 Å². The molecule has 19 heavy (non-hydrogen) atoms. The minimum atomic E-state index is -0.177. The molecule has 2 unspecified atom stereocenters. The van der Waals surface area contributed by atoms with E-state index in [-0.39, 0.29) is 23.7 Å². The first kappa shape index (κ1) is 20.3. The molecule has 0 aromatic heterocycles. The van der Waals surface area contributed by atoms with Gasteiger partial charge in [-0.2, -0.15) is 0 Å². The SMILES string of the molecule is CCCCC(C)C(N)=O.CCCCCC(C)C(N)=O. The number of carbonyl (C=O) groups is 2. The van der Waals surface area contributed by atoms with Gasteiger partial charge in [0, 0.05) is 11.8 Å². The number of amides is 2.